The highest BCUT2D eigenvalue weighted by molar-refractivity contribution is 14.1. The number of hydrogen-bond acceptors (Lipinski definition) is 9. The molecule has 3 aromatic rings. The molecule has 2 aliphatic heterocycles. The molecule has 0 aliphatic carbocycles. The molecule has 0 unspecified atom stereocenters. The molecule has 0 bridgehead atoms. The smallest absolute Gasteiger partial charge is 0.302 e. The topological polar surface area (TPSA) is 191 Å². The minimum absolute atomic E-state index is 0.0261. The fourth-order valence-corrected chi connectivity index (χ4v) is 4.83. The number of aromatic nitrogens is 4. The molecule has 13 nitrogen and oxygen atoms in total. The van der Waals surface area contributed by atoms with E-state index < -0.39 is 5.91 Å². The van der Waals surface area contributed by atoms with Crippen molar-refractivity contribution in [2.24, 2.45) is 4.99 Å². The number of anilines is 2. The van der Waals surface area contributed by atoms with E-state index in [0.717, 1.165) is 9.13 Å². The Balaban J connectivity index is 1.12. The maximum absolute atomic E-state index is 12.8. The molecule has 1 aromatic carbocycles. The molecule has 2 saturated heterocycles. The van der Waals surface area contributed by atoms with Gasteiger partial charge in [-0.3, -0.25) is 9.59 Å². The molecule has 4 heterocycles. The summed E-state index contributed by atoms with van der Waals surface area (Å²) in [5, 5.41) is 10.3. The first-order valence-corrected chi connectivity index (χ1v) is 13.3. The molecule has 38 heavy (non-hydrogen) atoms. The number of nitrogens with two attached hydrogens (primary N) is 2. The van der Waals surface area contributed by atoms with E-state index >= 15 is 0 Å². The Morgan fingerprint density at radius 3 is 2.61 bits per heavy atom. The zero-order valence-electron chi connectivity index (χ0n) is 20.1. The van der Waals surface area contributed by atoms with Gasteiger partial charge in [-0.2, -0.15) is 9.98 Å². The molecule has 0 saturated carbocycles. The number of likely N-dealkylation sites (tertiary alicyclic amines) is 1. The number of aryl methyl sites for hydroxylation is 1. The third-order valence-electron chi connectivity index (χ3n) is 6.50. The summed E-state index contributed by atoms with van der Waals surface area (Å²) in [6.07, 6.45) is 2.02. The Kier molecular flexibility index (Phi) is 7.34. The van der Waals surface area contributed by atoms with Crippen LogP contribution < -0.4 is 22.1 Å². The summed E-state index contributed by atoms with van der Waals surface area (Å²) in [5.74, 6) is 0.376. The van der Waals surface area contributed by atoms with Gasteiger partial charge in [-0.25, -0.2) is 9.97 Å². The summed E-state index contributed by atoms with van der Waals surface area (Å²) < 4.78 is 6.45. The van der Waals surface area contributed by atoms with Crippen molar-refractivity contribution in [1.29, 1.82) is 0 Å². The van der Waals surface area contributed by atoms with Crippen molar-refractivity contribution in [3.05, 3.63) is 44.6 Å². The Labute approximate surface area is 235 Å². The van der Waals surface area contributed by atoms with Crippen molar-refractivity contribution in [2.75, 3.05) is 31.1 Å². The van der Waals surface area contributed by atoms with Crippen LogP contribution in [0, 0.1) is 3.57 Å². The molecule has 5 rings (SSSR count). The van der Waals surface area contributed by atoms with Gasteiger partial charge in [0.25, 0.3) is 0 Å². The van der Waals surface area contributed by atoms with E-state index in [4.69, 9.17) is 27.6 Å². The number of amides is 2. The Morgan fingerprint density at radius 1 is 1.13 bits per heavy atom. The number of nitrogens with zero attached hydrogens (tertiary/aromatic N) is 6. The molecular weight excluding hydrogens is 627 g/mol. The average molecular weight is 651 g/mol. The Morgan fingerprint density at radius 2 is 1.87 bits per heavy atom. The fraction of sp³-hybridized carbons (Fsp3) is 0.348. The van der Waals surface area contributed by atoms with Crippen LogP contribution in [0.5, 0.6) is 0 Å². The average Bonchev–Trinajstić information content (AvgIpc) is 3.53. The molecular formula is C23H24ClIN10O3. The van der Waals surface area contributed by atoms with E-state index in [1.165, 1.54) is 0 Å². The molecule has 2 amide bonds. The summed E-state index contributed by atoms with van der Waals surface area (Å²) in [4.78, 5) is 43.4. The van der Waals surface area contributed by atoms with E-state index in [2.05, 4.69) is 58.3 Å². The van der Waals surface area contributed by atoms with E-state index in [1.807, 2.05) is 29.2 Å². The number of carbonyl (C=O) groups excluding carboxylic acids is 2. The largest absolute Gasteiger partial charge is 0.382 e. The number of nitrogen functional groups attached to an aromatic ring is 2. The minimum Gasteiger partial charge on any atom is -0.382 e. The Hall–Kier alpha value is -3.53. The molecule has 2 aromatic heterocycles. The second-order valence-corrected chi connectivity index (χ2v) is 10.7. The maximum atomic E-state index is 12.8. The lowest BCUT2D eigenvalue weighted by molar-refractivity contribution is -0.132. The van der Waals surface area contributed by atoms with Gasteiger partial charge >= 0.3 is 5.91 Å². The number of halogens is 2. The molecule has 2 fully saturated rings. The predicted octanol–water partition coefficient (Wildman–Crippen LogP) is 1.63. The SMILES string of the molecule is Nc1nc(N)c(C(=O)/N=C2\NCC3(CCN(C(=O)CCc4nc(-c5ccc(I)cc5)no4)CC3)N2)nc1Cl. The van der Waals surface area contributed by atoms with Crippen LogP contribution in [-0.2, 0) is 11.2 Å². The third-order valence-corrected chi connectivity index (χ3v) is 7.49. The summed E-state index contributed by atoms with van der Waals surface area (Å²) in [7, 11) is 0. The zero-order valence-corrected chi connectivity index (χ0v) is 23.0. The molecule has 15 heteroatoms. The van der Waals surface area contributed by atoms with Gasteiger partial charge in [-0.05, 0) is 47.6 Å². The van der Waals surface area contributed by atoms with Gasteiger partial charge in [-0.15, -0.1) is 0 Å². The summed E-state index contributed by atoms with van der Waals surface area (Å²) in [6, 6.07) is 7.81. The van der Waals surface area contributed by atoms with Crippen LogP contribution in [0.4, 0.5) is 11.6 Å². The van der Waals surface area contributed by atoms with Crippen LogP contribution >= 0.6 is 34.2 Å². The van der Waals surface area contributed by atoms with Crippen LogP contribution in [-0.4, -0.2) is 68.0 Å². The van der Waals surface area contributed by atoms with Gasteiger partial charge in [-0.1, -0.05) is 28.9 Å². The predicted molar refractivity (Wildman–Crippen MR) is 148 cm³/mol. The van der Waals surface area contributed by atoms with Crippen molar-refractivity contribution >= 4 is 63.6 Å². The highest BCUT2D eigenvalue weighted by atomic mass is 127. The first kappa shape index (κ1) is 26.1. The highest BCUT2D eigenvalue weighted by Gasteiger charge is 2.40. The molecule has 0 atom stereocenters. The number of nitrogens with one attached hydrogen (secondary N) is 2. The van der Waals surface area contributed by atoms with Gasteiger partial charge in [0.1, 0.15) is 0 Å². The standard InChI is InChI=1S/C23H24ClIN10O3/c24-17-19(27)31-18(26)16(30-17)21(37)32-22-28-11-23(33-22)7-9-35(10-8-23)15(36)6-5-14-29-20(34-38-14)12-1-3-13(25)4-2-12/h1-4H,5-11H2,(H4,26,27,31)(H2,28,32,33,37). The number of guanidine groups is 1. The number of carbonyl (C=O) groups is 2. The maximum Gasteiger partial charge on any atom is 0.302 e. The lowest BCUT2D eigenvalue weighted by Crippen LogP contribution is -2.53. The summed E-state index contributed by atoms with van der Waals surface area (Å²) >= 11 is 8.09. The Bertz CT molecular complexity index is 1400. The first-order valence-electron chi connectivity index (χ1n) is 11.8. The van der Waals surface area contributed by atoms with Gasteiger partial charge in [0, 0.05) is 41.6 Å². The summed E-state index contributed by atoms with van der Waals surface area (Å²) in [6.45, 7) is 1.70. The van der Waals surface area contributed by atoms with Crippen molar-refractivity contribution in [3.63, 3.8) is 0 Å². The third kappa shape index (κ3) is 5.65. The number of piperidine rings is 1. The number of rotatable bonds is 5. The van der Waals surface area contributed by atoms with Crippen molar-refractivity contribution in [2.45, 2.75) is 31.2 Å². The monoisotopic (exact) mass is 650 g/mol. The number of aliphatic imine (C=N–C) groups is 1. The lowest BCUT2D eigenvalue weighted by atomic mass is 9.88. The van der Waals surface area contributed by atoms with E-state index in [1.54, 1.807) is 0 Å². The second kappa shape index (κ2) is 10.7. The van der Waals surface area contributed by atoms with E-state index in [-0.39, 0.29) is 40.3 Å². The van der Waals surface area contributed by atoms with Crippen molar-refractivity contribution < 1.29 is 14.1 Å². The van der Waals surface area contributed by atoms with Crippen LogP contribution in [0.2, 0.25) is 5.15 Å². The molecule has 2 aliphatic rings. The van der Waals surface area contributed by atoms with Crippen molar-refractivity contribution in [1.82, 2.24) is 35.6 Å². The van der Waals surface area contributed by atoms with Crippen LogP contribution in [0.15, 0.2) is 33.8 Å². The van der Waals surface area contributed by atoms with Gasteiger partial charge in [0.05, 0.1) is 5.54 Å². The van der Waals surface area contributed by atoms with Crippen LogP contribution in [0.1, 0.15) is 35.6 Å². The van der Waals surface area contributed by atoms with E-state index in [9.17, 15) is 9.59 Å². The fourth-order valence-electron chi connectivity index (χ4n) is 4.34. The second-order valence-electron chi connectivity index (χ2n) is 9.06. The summed E-state index contributed by atoms with van der Waals surface area (Å²) in [5.41, 5.74) is 11.7. The normalized spacial score (nSPS) is 17.4. The molecule has 198 valence electrons. The number of hydrogen-bond donors (Lipinski definition) is 4. The van der Waals surface area contributed by atoms with Gasteiger partial charge < -0.3 is 31.5 Å². The minimum atomic E-state index is -0.692. The lowest BCUT2D eigenvalue weighted by Gasteiger charge is -2.38. The number of benzene rings is 1. The molecule has 0 radical (unpaired) electrons. The van der Waals surface area contributed by atoms with E-state index in [0.29, 0.717) is 56.6 Å². The van der Waals surface area contributed by atoms with Crippen LogP contribution in [0.25, 0.3) is 11.4 Å². The van der Waals surface area contributed by atoms with Gasteiger partial charge in [0.2, 0.25) is 17.6 Å². The first-order chi connectivity index (χ1) is 18.2. The van der Waals surface area contributed by atoms with Crippen molar-refractivity contribution in [3.8, 4) is 11.4 Å². The quantitative estimate of drug-likeness (QED) is 0.294. The highest BCUT2D eigenvalue weighted by Crippen LogP contribution is 2.26. The molecule has 1 spiro atoms. The molecule has 6 N–H and O–H groups in total. The zero-order chi connectivity index (χ0) is 26.9. The van der Waals surface area contributed by atoms with Gasteiger partial charge in [0.15, 0.2) is 28.4 Å². The van der Waals surface area contributed by atoms with Crippen LogP contribution in [0.3, 0.4) is 0 Å².